The van der Waals surface area contributed by atoms with Crippen LogP contribution in [0, 0.1) is 17.2 Å². The van der Waals surface area contributed by atoms with Crippen LogP contribution >= 0.6 is 11.8 Å². The third-order valence-electron chi connectivity index (χ3n) is 8.42. The molecule has 0 aliphatic heterocycles. The van der Waals surface area contributed by atoms with Crippen LogP contribution in [0.3, 0.4) is 0 Å². The highest BCUT2D eigenvalue weighted by Gasteiger charge is 2.35. The Morgan fingerprint density at radius 1 is 0.750 bits per heavy atom. The Kier molecular flexibility index (Phi) is 21.9. The number of guanidine groups is 1. The Morgan fingerprint density at radius 3 is 1.80 bits per heavy atom. The first-order valence-electron chi connectivity index (χ1n) is 19.0. The van der Waals surface area contributed by atoms with Crippen LogP contribution < -0.4 is 48.7 Å². The summed E-state index contributed by atoms with van der Waals surface area (Å²) in [5, 5.41) is 33.4. The van der Waals surface area contributed by atoms with Gasteiger partial charge in [0.25, 0.3) is 0 Å². The van der Waals surface area contributed by atoms with E-state index in [4.69, 9.17) is 16.9 Å². The Balaban J connectivity index is 3.34. The summed E-state index contributed by atoms with van der Waals surface area (Å²) in [6.45, 7) is 9.11. The summed E-state index contributed by atoms with van der Waals surface area (Å²) in [7, 11) is 0. The second-order valence-electron chi connectivity index (χ2n) is 14.8. The van der Waals surface area contributed by atoms with Crippen LogP contribution in [0.2, 0.25) is 0 Å². The van der Waals surface area contributed by atoms with Crippen molar-refractivity contribution in [3.63, 3.8) is 0 Å². The quantitative estimate of drug-likeness (QED) is 0.0358. The maximum absolute atomic E-state index is 13.9. The fourth-order valence-electron chi connectivity index (χ4n) is 5.45. The van der Waals surface area contributed by atoms with Crippen molar-refractivity contribution >= 4 is 64.2 Å². The molecule has 0 unspecified atom stereocenters. The molecule has 23 heteroatoms. The topological polar surface area (TPSA) is 317 Å². The van der Waals surface area contributed by atoms with Crippen molar-refractivity contribution in [1.82, 2.24) is 37.2 Å². The lowest BCUT2D eigenvalue weighted by Crippen LogP contribution is -2.59. The zero-order chi connectivity index (χ0) is 45.9. The molecule has 13 N–H and O–H groups in total. The van der Waals surface area contributed by atoms with Crippen LogP contribution in [0.25, 0.3) is 0 Å². The van der Waals surface area contributed by atoms with E-state index < -0.39 is 107 Å². The molecule has 336 valence electrons. The second kappa shape index (κ2) is 25.1. The molecule has 0 aliphatic rings. The molecule has 0 saturated carbocycles. The summed E-state index contributed by atoms with van der Waals surface area (Å²) in [5.74, 6) is -8.81. The van der Waals surface area contributed by atoms with Crippen LogP contribution in [-0.2, 0) is 44.8 Å². The normalized spacial score (nSPS) is 14.3. The molecule has 7 amide bonds. The van der Waals surface area contributed by atoms with Gasteiger partial charge in [-0.1, -0.05) is 51.6 Å². The maximum atomic E-state index is 13.9. The molecule has 1 rings (SSSR count). The monoisotopic (exact) mass is 874 g/mol. The van der Waals surface area contributed by atoms with Gasteiger partial charge in [-0.15, -0.1) is 0 Å². The summed E-state index contributed by atoms with van der Waals surface area (Å²) < 4.78 is 38.3. The molecule has 19 nitrogen and oxygen atoms in total. The maximum Gasteiger partial charge on any atom is 0.398 e. The van der Waals surface area contributed by atoms with Gasteiger partial charge in [-0.25, -0.2) is 0 Å². The van der Waals surface area contributed by atoms with Crippen LogP contribution in [0.5, 0.6) is 5.75 Å². The van der Waals surface area contributed by atoms with E-state index in [9.17, 15) is 56.6 Å². The van der Waals surface area contributed by atoms with Gasteiger partial charge in [0, 0.05) is 19.9 Å². The lowest BCUT2D eigenvalue weighted by Gasteiger charge is -2.27. The molecule has 1 aromatic rings. The van der Waals surface area contributed by atoms with Gasteiger partial charge >= 0.3 is 6.18 Å². The van der Waals surface area contributed by atoms with E-state index in [2.05, 4.69) is 37.2 Å². The lowest BCUT2D eigenvalue weighted by atomic mass is 10.0. The molecular formula is C37H57F3N10O9S. The average Bonchev–Trinajstić information content (AvgIpc) is 3.12. The zero-order valence-corrected chi connectivity index (χ0v) is 35.1. The van der Waals surface area contributed by atoms with Crippen LogP contribution in [-0.4, -0.2) is 112 Å². The van der Waals surface area contributed by atoms with Gasteiger partial charge < -0.3 is 53.8 Å². The van der Waals surface area contributed by atoms with E-state index in [-0.39, 0.29) is 61.6 Å². The van der Waals surface area contributed by atoms with E-state index in [0.717, 1.165) is 0 Å². The number of phenols is 1. The highest BCUT2D eigenvalue weighted by molar-refractivity contribution is 8.13. The van der Waals surface area contributed by atoms with E-state index in [1.165, 1.54) is 52.0 Å². The minimum absolute atomic E-state index is 0.0368. The summed E-state index contributed by atoms with van der Waals surface area (Å²) in [6, 6.07) is -2.59. The van der Waals surface area contributed by atoms with Crippen LogP contribution in [0.15, 0.2) is 24.3 Å². The summed E-state index contributed by atoms with van der Waals surface area (Å²) in [4.78, 5) is 104. The third-order valence-corrected chi connectivity index (χ3v) is 9.43. The molecule has 0 saturated heterocycles. The number of carbonyl (C=O) groups excluding carboxylic acids is 8. The first-order valence-corrected chi connectivity index (χ1v) is 19.9. The Labute approximate surface area is 350 Å². The molecule has 6 atom stereocenters. The Morgan fingerprint density at radius 2 is 1.28 bits per heavy atom. The number of thioether (sulfide) groups is 1. The minimum atomic E-state index is -4.67. The number of halogens is 3. The lowest BCUT2D eigenvalue weighted by molar-refractivity contribution is -0.135. The Bertz CT molecular complexity index is 1680. The molecule has 0 radical (unpaired) electrons. The van der Waals surface area contributed by atoms with Crippen molar-refractivity contribution < 1.29 is 56.6 Å². The number of hydrogen-bond acceptors (Lipinski definition) is 11. The van der Waals surface area contributed by atoms with Crippen molar-refractivity contribution in [1.29, 1.82) is 5.41 Å². The number of amides is 7. The van der Waals surface area contributed by atoms with E-state index in [1.807, 2.05) is 13.8 Å². The summed E-state index contributed by atoms with van der Waals surface area (Å²) in [6.07, 6.45) is -5.31. The third kappa shape index (κ3) is 20.9. The number of hydrogen-bond donors (Lipinski definition) is 11. The number of primary amides is 1. The van der Waals surface area contributed by atoms with Gasteiger partial charge in [0.2, 0.25) is 46.5 Å². The second-order valence-corrected chi connectivity index (χ2v) is 15.8. The van der Waals surface area contributed by atoms with Gasteiger partial charge in [0.1, 0.15) is 42.0 Å². The summed E-state index contributed by atoms with van der Waals surface area (Å²) >= 11 is -0.0623. The zero-order valence-electron chi connectivity index (χ0n) is 34.3. The van der Waals surface area contributed by atoms with Gasteiger partial charge in [-0.05, 0) is 55.7 Å². The number of benzene rings is 1. The van der Waals surface area contributed by atoms with Crippen LogP contribution in [0.1, 0.15) is 72.8 Å². The number of phenolic OH excluding ortho intramolecular Hbond substituents is 1. The highest BCUT2D eigenvalue weighted by atomic mass is 32.2. The molecule has 0 heterocycles. The minimum Gasteiger partial charge on any atom is -0.508 e. The molecule has 60 heavy (non-hydrogen) atoms. The summed E-state index contributed by atoms with van der Waals surface area (Å²) in [5.41, 5.74) is 11.1. The molecular weight excluding hydrogens is 818 g/mol. The van der Waals surface area contributed by atoms with Crippen molar-refractivity contribution in [2.24, 2.45) is 23.3 Å². The van der Waals surface area contributed by atoms with Crippen molar-refractivity contribution in [3.8, 4) is 5.75 Å². The van der Waals surface area contributed by atoms with Gasteiger partial charge in [0.15, 0.2) is 5.96 Å². The number of alkyl halides is 3. The average molecular weight is 875 g/mol. The molecule has 0 spiro atoms. The number of nitrogens with one attached hydrogen (secondary N) is 8. The molecule has 1 aromatic carbocycles. The standard InChI is InChI=1S/C37H57F3N10O9S/c1-18(2)14-25(46-21(6)51)32(56)49-26(15-22-9-11-23(52)12-10-22)33(57)47-24(8-7-13-44-36(42)43)31(55)45-20(5)30(54)48-27(16-28(41)53)34(58)50-29(19(3)4)35(59)60-17-37(38,39)40/h9-12,18-20,24-27,29,52H,7-8,13-17H2,1-6H3,(H2,41,53)(H,45,55)(H,46,51)(H,47,57)(H,48,54)(H,49,56)(H,50,58)(H4,42,43,44)/t20-,24-,25-,26-,27-,29-/m0/s1. The first kappa shape index (κ1) is 52.4. The van der Waals surface area contributed by atoms with Gasteiger partial charge in [0.05, 0.1) is 12.2 Å². The van der Waals surface area contributed by atoms with Crippen molar-refractivity contribution in [2.75, 3.05) is 12.3 Å². The van der Waals surface area contributed by atoms with Crippen molar-refractivity contribution in [2.45, 2.75) is 116 Å². The highest BCUT2D eigenvalue weighted by Crippen LogP contribution is 2.24. The molecule has 0 fully saturated rings. The van der Waals surface area contributed by atoms with Crippen molar-refractivity contribution in [3.05, 3.63) is 29.8 Å². The van der Waals surface area contributed by atoms with E-state index in [0.29, 0.717) is 5.56 Å². The Hall–Kier alpha value is -5.61. The fraction of sp³-hybridized carbons (Fsp3) is 0.595. The van der Waals surface area contributed by atoms with Gasteiger partial charge in [-0.3, -0.25) is 43.8 Å². The predicted octanol–water partition coefficient (Wildman–Crippen LogP) is -0.454. The molecule has 0 aromatic heterocycles. The van der Waals surface area contributed by atoms with E-state index >= 15 is 0 Å². The molecule has 0 aliphatic carbocycles. The number of aromatic hydroxyl groups is 1. The number of nitrogens with two attached hydrogens (primary N) is 2. The fourth-order valence-corrected chi connectivity index (χ4v) is 6.27. The van der Waals surface area contributed by atoms with E-state index in [1.54, 1.807) is 0 Å². The smallest absolute Gasteiger partial charge is 0.398 e. The largest absolute Gasteiger partial charge is 0.508 e. The van der Waals surface area contributed by atoms with Crippen LogP contribution in [0.4, 0.5) is 13.2 Å². The number of rotatable bonds is 24. The first-order chi connectivity index (χ1) is 27.8. The van der Waals surface area contributed by atoms with Gasteiger partial charge in [-0.2, -0.15) is 13.2 Å². The predicted molar refractivity (Wildman–Crippen MR) is 216 cm³/mol. The SMILES string of the molecule is CC(=O)N[C@@H](CC(C)C)C(=O)N[C@@H](Cc1ccc(O)cc1)C(=O)N[C@@H](CCCNC(=N)N)C(=O)N[C@@H](C)C(=O)N[C@@H](CC(N)=O)C(=O)N[C@H](C(=O)SCC(F)(F)F)C(C)C. The number of carbonyl (C=O) groups is 8. The molecule has 0 bridgehead atoms.